The fraction of sp³-hybridized carbons (Fsp3) is 0.661. The Morgan fingerprint density at radius 3 is 1.16 bits per heavy atom. The van der Waals surface area contributed by atoms with Gasteiger partial charge in [-0.1, -0.05) is 217 Å². The molecule has 82 heavy (non-hydrogen) atoms. The lowest BCUT2D eigenvalue weighted by atomic mass is 10.0. The number of nitrogens with one attached hydrogen (secondary N) is 2. The number of rotatable bonds is 41. The van der Waals surface area contributed by atoms with Crippen LogP contribution in [0.5, 0.6) is 11.5 Å². The Morgan fingerprint density at radius 1 is 0.500 bits per heavy atom. The van der Waals surface area contributed by atoms with E-state index in [1.54, 1.807) is 70.2 Å². The number of nitro benzene ring substituents is 2. The Bertz CT molecular complexity index is 2160. The minimum Gasteiger partial charge on any atom is -0.465 e. The number of amides is 1. The molecule has 0 aliphatic rings. The Labute approximate surface area is 490 Å². The minimum absolute atomic E-state index is 0.0883. The van der Waals surface area contributed by atoms with Gasteiger partial charge in [0.2, 0.25) is 0 Å². The first-order valence-electron chi connectivity index (χ1n) is 30.1. The fourth-order valence-electron chi connectivity index (χ4n) is 8.15. The van der Waals surface area contributed by atoms with Gasteiger partial charge in [0.25, 0.3) is 11.4 Å². The monoisotopic (exact) mass is 1170 g/mol. The molecule has 1 amide bonds. The number of unbranched alkanes of at least 4 members (excludes halogenated alkanes) is 26. The van der Waals surface area contributed by atoms with Crippen LogP contribution < -0.4 is 19.5 Å². The molecule has 3 rings (SSSR count). The van der Waals surface area contributed by atoms with Gasteiger partial charge in [0, 0.05) is 34.2 Å². The molecule has 19 nitrogen and oxygen atoms in total. The number of para-hydroxylation sites is 1. The zero-order chi connectivity index (χ0) is 61.3. The van der Waals surface area contributed by atoms with Gasteiger partial charge in [0.05, 0.1) is 23.1 Å². The average Bonchev–Trinajstić information content (AvgIpc) is 3.44. The quantitative estimate of drug-likeness (QED) is 0.0134. The topological polar surface area (TPSA) is 259 Å². The van der Waals surface area contributed by atoms with Gasteiger partial charge >= 0.3 is 25.8 Å². The average molecular weight is 1170 g/mol. The predicted octanol–water partition coefficient (Wildman–Crippen LogP) is 18.1. The Hall–Kier alpha value is -5.94. The molecule has 0 radical (unpaired) electrons. The third-order valence-electron chi connectivity index (χ3n) is 12.8. The summed E-state index contributed by atoms with van der Waals surface area (Å²) in [5.41, 5.74) is 0.461. The van der Waals surface area contributed by atoms with Crippen molar-refractivity contribution in [2.75, 3.05) is 13.2 Å². The number of non-ortho nitro benzene ring substituents is 2. The molecular formula is C62H101N4O15P. The highest BCUT2D eigenvalue weighted by Crippen LogP contribution is 2.45. The van der Waals surface area contributed by atoms with Crippen LogP contribution in [0.2, 0.25) is 0 Å². The van der Waals surface area contributed by atoms with Gasteiger partial charge in [-0.3, -0.25) is 25.0 Å². The number of nitro groups is 2. The van der Waals surface area contributed by atoms with E-state index in [1.807, 2.05) is 6.92 Å². The molecule has 1 unspecified atom stereocenters. The third kappa shape index (κ3) is 42.8. The van der Waals surface area contributed by atoms with Crippen molar-refractivity contribution in [3.05, 3.63) is 115 Å². The first-order valence-corrected chi connectivity index (χ1v) is 31.6. The molecule has 0 saturated carbocycles. The van der Waals surface area contributed by atoms with Gasteiger partial charge in [-0.25, -0.2) is 14.2 Å². The number of carbonyl (C=O) groups excluding carboxylic acids is 3. The van der Waals surface area contributed by atoms with Gasteiger partial charge in [-0.05, 0) is 78.6 Å². The molecule has 0 heterocycles. The summed E-state index contributed by atoms with van der Waals surface area (Å²) in [6, 6.07) is 18.3. The van der Waals surface area contributed by atoms with Crippen LogP contribution in [-0.4, -0.2) is 58.8 Å². The van der Waals surface area contributed by atoms with Crippen molar-refractivity contribution in [3.8, 4) is 11.5 Å². The first-order chi connectivity index (χ1) is 39.3. The van der Waals surface area contributed by atoms with Crippen LogP contribution in [0.4, 0.5) is 16.2 Å². The van der Waals surface area contributed by atoms with Crippen LogP contribution in [0, 0.1) is 37.1 Å². The van der Waals surface area contributed by atoms with E-state index in [2.05, 4.69) is 24.3 Å². The van der Waals surface area contributed by atoms with Crippen molar-refractivity contribution in [1.82, 2.24) is 10.4 Å². The van der Waals surface area contributed by atoms with Crippen LogP contribution in [0.25, 0.3) is 0 Å². The second kappa shape index (κ2) is 48.6. The van der Waals surface area contributed by atoms with Crippen LogP contribution in [0.15, 0.2) is 78.9 Å². The van der Waals surface area contributed by atoms with Crippen LogP contribution >= 0.6 is 7.75 Å². The van der Waals surface area contributed by atoms with Crippen molar-refractivity contribution in [2.45, 2.75) is 253 Å². The number of alkyl carbamates (subject to hydrolysis) is 1. The lowest BCUT2D eigenvalue weighted by Gasteiger charge is -2.23. The number of carbonyl (C=O) groups is 3. The second-order valence-corrected chi connectivity index (χ2v) is 23.2. The van der Waals surface area contributed by atoms with Gasteiger partial charge < -0.3 is 28.6 Å². The first kappa shape index (κ1) is 76.1. The van der Waals surface area contributed by atoms with E-state index in [0.717, 1.165) is 37.7 Å². The molecule has 0 spiro atoms. The fourth-order valence-corrected chi connectivity index (χ4v) is 9.67. The number of aryl methyl sites for hydroxylation is 1. The number of nitrogens with zero attached hydrogens (tertiary/aromatic N) is 2. The van der Waals surface area contributed by atoms with Crippen molar-refractivity contribution in [2.24, 2.45) is 0 Å². The zero-order valence-corrected chi connectivity index (χ0v) is 51.7. The second-order valence-electron chi connectivity index (χ2n) is 21.6. The van der Waals surface area contributed by atoms with E-state index < -0.39 is 53.3 Å². The minimum atomic E-state index is -4.11. The Balaban J connectivity index is 0.00000138. The maximum atomic E-state index is 13.6. The molecule has 0 aliphatic carbocycles. The summed E-state index contributed by atoms with van der Waals surface area (Å²) < 4.78 is 40.6. The summed E-state index contributed by atoms with van der Waals surface area (Å²) in [4.78, 5) is 70.2. The largest absolute Gasteiger partial charge is 0.513 e. The molecular weight excluding hydrogens is 1070 g/mol. The molecule has 0 fully saturated rings. The van der Waals surface area contributed by atoms with Crippen molar-refractivity contribution >= 4 is 37.2 Å². The molecule has 3 aromatic carbocycles. The maximum absolute atomic E-state index is 13.6. The van der Waals surface area contributed by atoms with E-state index in [9.17, 15) is 39.2 Å². The molecule has 0 bridgehead atoms. The van der Waals surface area contributed by atoms with E-state index in [-0.39, 0.29) is 29.5 Å². The summed E-state index contributed by atoms with van der Waals surface area (Å²) in [7, 11) is -4.11. The lowest BCUT2D eigenvalue weighted by Crippen LogP contribution is -2.42. The third-order valence-corrected chi connectivity index (χ3v) is 14.4. The summed E-state index contributed by atoms with van der Waals surface area (Å²) >= 11 is 0. The number of ether oxygens (including phenoxy) is 3. The normalized spacial score (nSPS) is 12.2. The smallest absolute Gasteiger partial charge is 0.465 e. The number of benzene rings is 3. The number of hydrogen-bond donors (Lipinski definition) is 2. The van der Waals surface area contributed by atoms with Crippen molar-refractivity contribution < 1.29 is 52.1 Å². The maximum Gasteiger partial charge on any atom is 0.513 e. The lowest BCUT2D eigenvalue weighted by molar-refractivity contribution is -0.385. The van der Waals surface area contributed by atoms with Gasteiger partial charge in [-0.2, -0.15) is 5.09 Å². The standard InChI is InChI=1S/C31H47N2O7P.C24H47NO4.C7H7NO2.O2/c1-3-4-5-6-7-8-9-10-11-12-13-14-15-19-26-38-31(34)27(2)32-41(37,39-29-20-17-16-18-21-29)40-30-24-22-28(23-25-30)33(35)36;1-6-7-8-9-10-11-12-13-14-15-16-17-18-19-20-28-22(26)21(2)25-23(27)29-24(3,4)5;1-6-2-4-7(5-3-6)8(9)10;1-2/h16-18,20-25,27H,3-15,19,26H2,1-2H3,(H,32,37);21H,6-20H2,1-5H3,(H,25,27);2-5H,1H3;/t27-,41?;21-;;/m00../s1. The highest BCUT2D eigenvalue weighted by molar-refractivity contribution is 7.52. The van der Waals surface area contributed by atoms with Crippen LogP contribution in [-0.2, 0) is 28.4 Å². The van der Waals surface area contributed by atoms with Gasteiger partial charge in [-0.15, -0.1) is 0 Å². The summed E-state index contributed by atoms with van der Waals surface area (Å²) in [5.74, 6) is -0.618. The number of esters is 2. The van der Waals surface area contributed by atoms with Crippen molar-refractivity contribution in [1.29, 1.82) is 0 Å². The summed E-state index contributed by atoms with van der Waals surface area (Å²) in [6.45, 7) is 15.6. The molecule has 2 N–H and O–H groups in total. The van der Waals surface area contributed by atoms with E-state index >= 15 is 0 Å². The Kier molecular flexibility index (Phi) is 45.1. The summed E-state index contributed by atoms with van der Waals surface area (Å²) in [6.07, 6.45) is 35.0. The van der Waals surface area contributed by atoms with Gasteiger partial charge in [0.1, 0.15) is 29.2 Å². The van der Waals surface area contributed by atoms with Gasteiger partial charge in [0.15, 0.2) is 0 Å². The van der Waals surface area contributed by atoms with E-state index in [0.29, 0.717) is 6.61 Å². The Morgan fingerprint density at radius 2 is 0.817 bits per heavy atom. The number of hydrogen-bond acceptors (Lipinski definition) is 15. The van der Waals surface area contributed by atoms with E-state index in [4.69, 9.17) is 33.2 Å². The van der Waals surface area contributed by atoms with Crippen molar-refractivity contribution in [3.63, 3.8) is 0 Å². The molecule has 464 valence electrons. The molecule has 20 heteroatoms. The summed E-state index contributed by atoms with van der Waals surface area (Å²) in [5, 5.41) is 26.2. The molecule has 3 atom stereocenters. The highest BCUT2D eigenvalue weighted by Gasteiger charge is 2.34. The SMILES string of the molecule is CCCCCCCCCCCCCCCCOC(=O)[C@H](C)NC(=O)OC(C)(C)C.CCCCCCCCCCCCCCCCOC(=O)[C@H](C)NP(=O)(Oc1ccccc1)Oc1ccc([N+](=O)[O-])cc1.Cc1ccc([N+](=O)[O-])cc1.O=O. The van der Waals surface area contributed by atoms with E-state index in [1.165, 1.54) is 191 Å². The highest BCUT2D eigenvalue weighted by atomic mass is 31.2. The van der Waals surface area contributed by atoms with Crippen LogP contribution in [0.1, 0.15) is 234 Å². The molecule has 3 aromatic rings. The predicted molar refractivity (Wildman–Crippen MR) is 327 cm³/mol. The molecule has 0 saturated heterocycles. The van der Waals surface area contributed by atoms with Crippen LogP contribution in [0.3, 0.4) is 0 Å². The zero-order valence-electron chi connectivity index (χ0n) is 50.8. The molecule has 0 aromatic heterocycles. The molecule has 0 aliphatic heterocycles.